The van der Waals surface area contributed by atoms with E-state index in [1.165, 1.54) is 24.3 Å². The van der Waals surface area contributed by atoms with E-state index < -0.39 is 25.9 Å². The molecule has 0 spiro atoms. The van der Waals surface area contributed by atoms with Gasteiger partial charge in [-0.15, -0.1) is 0 Å². The van der Waals surface area contributed by atoms with Gasteiger partial charge in [-0.2, -0.15) is 5.10 Å². The number of rotatable bonds is 6. The van der Waals surface area contributed by atoms with Crippen LogP contribution in [-0.2, 0) is 19.9 Å². The number of sulfonamides is 1. The Kier molecular flexibility index (Phi) is 5.89. The summed E-state index contributed by atoms with van der Waals surface area (Å²) in [4.78, 5) is 12.5. The number of amides is 1. The molecule has 1 amide bonds. The SMILES string of the molecule is Cc1ccnn1-c1ccc(C(=O)Nc2ccc(S(=O)(=O)N[C@H]3CCS(=O)(=O)C3)cc2)cc1. The summed E-state index contributed by atoms with van der Waals surface area (Å²) in [5, 5.41) is 6.96. The number of anilines is 1. The molecule has 1 saturated heterocycles. The maximum absolute atomic E-state index is 12.5. The summed E-state index contributed by atoms with van der Waals surface area (Å²) >= 11 is 0. The molecule has 1 fully saturated rings. The Morgan fingerprint density at radius 2 is 1.75 bits per heavy atom. The highest BCUT2D eigenvalue weighted by Crippen LogP contribution is 2.19. The molecule has 1 atom stereocenters. The van der Waals surface area contributed by atoms with Crippen LogP contribution in [0.15, 0.2) is 65.7 Å². The van der Waals surface area contributed by atoms with E-state index in [0.29, 0.717) is 11.3 Å². The van der Waals surface area contributed by atoms with Gasteiger partial charge in [0.2, 0.25) is 10.0 Å². The highest BCUT2D eigenvalue weighted by molar-refractivity contribution is 7.92. The standard InChI is InChI=1S/C21H22N4O5S2/c1-15-10-12-22-25(15)19-6-2-16(3-7-19)21(26)23-17-4-8-20(9-5-17)32(29,30)24-18-11-13-31(27,28)14-18/h2-10,12,18,24H,11,13-14H2,1H3,(H,23,26)/t18-/m0/s1. The molecular weight excluding hydrogens is 452 g/mol. The first kappa shape index (κ1) is 22.2. The smallest absolute Gasteiger partial charge is 0.255 e. The molecule has 0 aliphatic carbocycles. The zero-order chi connectivity index (χ0) is 22.9. The van der Waals surface area contributed by atoms with Gasteiger partial charge in [0, 0.05) is 29.2 Å². The van der Waals surface area contributed by atoms with Crippen LogP contribution in [0.5, 0.6) is 0 Å². The first-order valence-corrected chi connectivity index (χ1v) is 13.2. The van der Waals surface area contributed by atoms with Gasteiger partial charge < -0.3 is 5.32 Å². The van der Waals surface area contributed by atoms with Gasteiger partial charge in [-0.05, 0) is 67.9 Å². The average molecular weight is 475 g/mol. The second-order valence-electron chi connectivity index (χ2n) is 7.63. The van der Waals surface area contributed by atoms with Gasteiger partial charge >= 0.3 is 0 Å². The second-order valence-corrected chi connectivity index (χ2v) is 11.6. The molecule has 32 heavy (non-hydrogen) atoms. The third kappa shape index (κ3) is 4.90. The number of sulfone groups is 1. The van der Waals surface area contributed by atoms with Crippen molar-refractivity contribution >= 4 is 31.5 Å². The van der Waals surface area contributed by atoms with Crippen molar-refractivity contribution in [1.29, 1.82) is 0 Å². The fourth-order valence-electron chi connectivity index (χ4n) is 3.49. The monoisotopic (exact) mass is 474 g/mol. The van der Waals surface area contributed by atoms with Crippen molar-refractivity contribution < 1.29 is 21.6 Å². The second kappa shape index (κ2) is 8.49. The molecule has 0 unspecified atom stereocenters. The fourth-order valence-corrected chi connectivity index (χ4v) is 6.54. The molecule has 11 heteroatoms. The van der Waals surface area contributed by atoms with Gasteiger partial charge in [-0.1, -0.05) is 0 Å². The summed E-state index contributed by atoms with van der Waals surface area (Å²) in [6.45, 7) is 1.93. The van der Waals surface area contributed by atoms with Crippen LogP contribution in [0.2, 0.25) is 0 Å². The molecule has 2 aromatic carbocycles. The highest BCUT2D eigenvalue weighted by Gasteiger charge is 2.31. The lowest BCUT2D eigenvalue weighted by molar-refractivity contribution is 0.102. The van der Waals surface area contributed by atoms with E-state index in [4.69, 9.17) is 0 Å². The van der Waals surface area contributed by atoms with Gasteiger partial charge in [0.25, 0.3) is 5.91 Å². The van der Waals surface area contributed by atoms with Crippen LogP contribution in [0.1, 0.15) is 22.5 Å². The lowest BCUT2D eigenvalue weighted by Gasteiger charge is -2.12. The third-order valence-electron chi connectivity index (χ3n) is 5.18. The molecule has 168 valence electrons. The van der Waals surface area contributed by atoms with Gasteiger partial charge in [-0.25, -0.2) is 26.2 Å². The van der Waals surface area contributed by atoms with E-state index in [0.717, 1.165) is 11.4 Å². The summed E-state index contributed by atoms with van der Waals surface area (Å²) in [6.07, 6.45) is 1.96. The van der Waals surface area contributed by atoms with Crippen molar-refractivity contribution in [2.75, 3.05) is 16.8 Å². The van der Waals surface area contributed by atoms with Crippen LogP contribution in [0.3, 0.4) is 0 Å². The minimum atomic E-state index is -3.86. The van der Waals surface area contributed by atoms with E-state index >= 15 is 0 Å². The Morgan fingerprint density at radius 3 is 2.31 bits per heavy atom. The first-order chi connectivity index (χ1) is 15.1. The summed E-state index contributed by atoms with van der Waals surface area (Å²) in [5.41, 5.74) is 2.69. The lowest BCUT2D eigenvalue weighted by atomic mass is 10.2. The van der Waals surface area contributed by atoms with Gasteiger partial charge in [-0.3, -0.25) is 4.79 Å². The molecule has 1 aliphatic rings. The van der Waals surface area contributed by atoms with E-state index in [9.17, 15) is 21.6 Å². The number of aryl methyl sites for hydroxylation is 1. The maximum Gasteiger partial charge on any atom is 0.255 e. The largest absolute Gasteiger partial charge is 0.322 e. The van der Waals surface area contributed by atoms with Crippen LogP contribution in [0.4, 0.5) is 5.69 Å². The molecule has 4 rings (SSSR count). The maximum atomic E-state index is 12.5. The predicted molar refractivity (Wildman–Crippen MR) is 120 cm³/mol. The molecule has 9 nitrogen and oxygen atoms in total. The Hall–Kier alpha value is -3.02. The minimum absolute atomic E-state index is 0.00116. The van der Waals surface area contributed by atoms with E-state index in [1.807, 2.05) is 13.0 Å². The summed E-state index contributed by atoms with van der Waals surface area (Å²) in [7, 11) is -7.05. The molecule has 0 radical (unpaired) electrons. The van der Waals surface area contributed by atoms with Gasteiger partial charge in [0.05, 0.1) is 22.1 Å². The molecule has 0 bridgehead atoms. The Balaban J connectivity index is 1.41. The Morgan fingerprint density at radius 1 is 1.06 bits per heavy atom. The quantitative estimate of drug-likeness (QED) is 0.562. The normalized spacial score (nSPS) is 17.8. The Bertz CT molecular complexity index is 1350. The molecule has 2 N–H and O–H groups in total. The predicted octanol–water partition coefficient (Wildman–Crippen LogP) is 1.90. The number of hydrogen-bond donors (Lipinski definition) is 2. The van der Waals surface area contributed by atoms with Crippen molar-refractivity contribution in [1.82, 2.24) is 14.5 Å². The number of carbonyl (C=O) groups excluding carboxylic acids is 1. The van der Waals surface area contributed by atoms with Crippen molar-refractivity contribution in [3.05, 3.63) is 72.1 Å². The van der Waals surface area contributed by atoms with Crippen molar-refractivity contribution in [2.24, 2.45) is 0 Å². The highest BCUT2D eigenvalue weighted by atomic mass is 32.2. The van der Waals surface area contributed by atoms with E-state index in [1.54, 1.807) is 35.1 Å². The molecule has 1 aromatic heterocycles. The molecule has 1 aliphatic heterocycles. The Labute approximate surface area is 186 Å². The first-order valence-electron chi connectivity index (χ1n) is 9.88. The van der Waals surface area contributed by atoms with Gasteiger partial charge in [0.15, 0.2) is 9.84 Å². The fraction of sp³-hybridized carbons (Fsp3) is 0.238. The van der Waals surface area contributed by atoms with Crippen molar-refractivity contribution in [3.8, 4) is 5.69 Å². The van der Waals surface area contributed by atoms with Crippen LogP contribution < -0.4 is 10.0 Å². The summed E-state index contributed by atoms with van der Waals surface area (Å²) in [6, 6.07) is 13.9. The number of nitrogens with one attached hydrogen (secondary N) is 2. The molecular formula is C21H22N4O5S2. The molecule has 2 heterocycles. The topological polar surface area (TPSA) is 127 Å². The van der Waals surface area contributed by atoms with Crippen molar-refractivity contribution in [3.63, 3.8) is 0 Å². The number of benzene rings is 2. The lowest BCUT2D eigenvalue weighted by Crippen LogP contribution is -2.35. The number of aromatic nitrogens is 2. The van der Waals surface area contributed by atoms with Crippen LogP contribution >= 0.6 is 0 Å². The summed E-state index contributed by atoms with van der Waals surface area (Å²) < 4.78 is 52.3. The third-order valence-corrected chi connectivity index (χ3v) is 8.49. The van der Waals surface area contributed by atoms with E-state index in [2.05, 4.69) is 15.1 Å². The van der Waals surface area contributed by atoms with Crippen LogP contribution in [-0.4, -0.2) is 50.1 Å². The summed E-state index contributed by atoms with van der Waals surface area (Å²) in [5.74, 6) is -0.550. The van der Waals surface area contributed by atoms with E-state index in [-0.39, 0.29) is 28.7 Å². The number of hydrogen-bond acceptors (Lipinski definition) is 6. The zero-order valence-corrected chi connectivity index (χ0v) is 18.9. The minimum Gasteiger partial charge on any atom is -0.322 e. The average Bonchev–Trinajstić information content (AvgIpc) is 3.32. The number of nitrogens with zero attached hydrogens (tertiary/aromatic N) is 2. The van der Waals surface area contributed by atoms with Crippen LogP contribution in [0.25, 0.3) is 5.69 Å². The van der Waals surface area contributed by atoms with Gasteiger partial charge in [0.1, 0.15) is 0 Å². The zero-order valence-electron chi connectivity index (χ0n) is 17.2. The molecule has 3 aromatic rings. The number of carbonyl (C=O) groups is 1. The molecule has 0 saturated carbocycles. The van der Waals surface area contributed by atoms with Crippen LogP contribution in [0, 0.1) is 6.92 Å². The van der Waals surface area contributed by atoms with Crippen molar-refractivity contribution in [2.45, 2.75) is 24.3 Å².